The number of nitrogens with zero attached hydrogens (tertiary/aromatic N) is 1. The number of hydrogen-bond acceptors (Lipinski definition) is 3. The monoisotopic (exact) mass is 334 g/mol. The summed E-state index contributed by atoms with van der Waals surface area (Å²) in [6.07, 6.45) is 5.84. The van der Waals surface area contributed by atoms with Crippen LogP contribution in [0.1, 0.15) is 24.8 Å². The number of alkyl halides is 3. The standard InChI is InChI=1S/C13H13Cl3N2O2/c14-13(15,16)8-20-10(19)18-12-5-11(6-12,7-12)9-1-3-17-4-2-9/h1-4H,5-8H2,(H,18,19). The molecule has 1 N–H and O–H groups in total. The van der Waals surface area contributed by atoms with Crippen molar-refractivity contribution in [1.29, 1.82) is 0 Å². The summed E-state index contributed by atoms with van der Waals surface area (Å²) in [6, 6.07) is 4.06. The van der Waals surface area contributed by atoms with Crippen molar-refractivity contribution in [2.45, 2.75) is 34.0 Å². The van der Waals surface area contributed by atoms with E-state index in [9.17, 15) is 4.79 Å². The lowest BCUT2D eigenvalue weighted by Gasteiger charge is -2.70. The molecule has 1 heterocycles. The van der Waals surface area contributed by atoms with Crippen LogP contribution in [0.15, 0.2) is 24.5 Å². The normalized spacial score (nSPS) is 30.9. The summed E-state index contributed by atoms with van der Waals surface area (Å²) >= 11 is 16.6. The molecule has 4 nitrogen and oxygen atoms in total. The lowest BCUT2D eigenvalue weighted by Crippen LogP contribution is -2.76. The van der Waals surface area contributed by atoms with Gasteiger partial charge < -0.3 is 10.1 Å². The van der Waals surface area contributed by atoms with Crippen LogP contribution in [0, 0.1) is 0 Å². The SMILES string of the molecule is O=C(NC12CC(c3ccncc3)(C1)C2)OCC(Cl)(Cl)Cl. The van der Waals surface area contributed by atoms with E-state index in [0.717, 1.165) is 19.3 Å². The smallest absolute Gasteiger partial charge is 0.407 e. The summed E-state index contributed by atoms with van der Waals surface area (Å²) < 4.78 is 3.31. The lowest BCUT2D eigenvalue weighted by molar-refractivity contribution is -0.0840. The van der Waals surface area contributed by atoms with Crippen LogP contribution in [0.3, 0.4) is 0 Å². The number of nitrogens with one attached hydrogen (secondary N) is 1. The van der Waals surface area contributed by atoms with Gasteiger partial charge in [-0.05, 0) is 37.0 Å². The van der Waals surface area contributed by atoms with Gasteiger partial charge in [0, 0.05) is 23.3 Å². The predicted molar refractivity (Wildman–Crippen MR) is 77.3 cm³/mol. The summed E-state index contributed by atoms with van der Waals surface area (Å²) in [6.45, 7) is -0.255. The number of rotatable bonds is 3. The lowest BCUT2D eigenvalue weighted by atomic mass is 9.37. The number of carbonyl (C=O) groups excluding carboxylic acids is 1. The Hall–Kier alpha value is -0.710. The zero-order valence-corrected chi connectivity index (χ0v) is 12.8. The molecule has 4 rings (SSSR count). The third kappa shape index (κ3) is 2.57. The van der Waals surface area contributed by atoms with Crippen LogP contribution in [-0.4, -0.2) is 27.0 Å². The van der Waals surface area contributed by atoms with Gasteiger partial charge in [0.1, 0.15) is 6.61 Å². The van der Waals surface area contributed by atoms with Gasteiger partial charge in [0.25, 0.3) is 0 Å². The first-order chi connectivity index (χ1) is 9.33. The van der Waals surface area contributed by atoms with Crippen molar-refractivity contribution in [3.05, 3.63) is 30.1 Å². The van der Waals surface area contributed by atoms with Crippen molar-refractivity contribution in [2.24, 2.45) is 0 Å². The molecular formula is C13H13Cl3N2O2. The highest BCUT2D eigenvalue weighted by Gasteiger charge is 2.69. The minimum Gasteiger partial charge on any atom is -0.445 e. The van der Waals surface area contributed by atoms with E-state index in [1.54, 1.807) is 12.4 Å². The zero-order valence-electron chi connectivity index (χ0n) is 10.5. The number of aromatic nitrogens is 1. The number of halogens is 3. The third-order valence-corrected chi connectivity index (χ3v) is 4.38. The molecule has 1 aromatic heterocycles. The van der Waals surface area contributed by atoms with Crippen LogP contribution in [0.5, 0.6) is 0 Å². The summed E-state index contributed by atoms with van der Waals surface area (Å²) in [4.78, 5) is 15.7. The molecule has 1 amide bonds. The number of hydrogen-bond donors (Lipinski definition) is 1. The molecule has 0 aromatic carbocycles. The molecule has 1 aromatic rings. The molecule has 108 valence electrons. The fraction of sp³-hybridized carbons (Fsp3) is 0.538. The second-order valence-electron chi connectivity index (χ2n) is 5.64. The fourth-order valence-corrected chi connectivity index (χ4v) is 3.50. The third-order valence-electron chi connectivity index (χ3n) is 4.06. The molecule has 3 fully saturated rings. The van der Waals surface area contributed by atoms with Crippen LogP contribution in [-0.2, 0) is 10.2 Å². The molecule has 3 saturated carbocycles. The maximum absolute atomic E-state index is 11.6. The number of amides is 1. The number of pyridine rings is 1. The Bertz CT molecular complexity index is 510. The first-order valence-corrected chi connectivity index (χ1v) is 7.38. The average molecular weight is 336 g/mol. The fourth-order valence-electron chi connectivity index (χ4n) is 3.33. The minimum absolute atomic E-state index is 0.145. The van der Waals surface area contributed by atoms with E-state index in [2.05, 4.69) is 10.3 Å². The number of carbonyl (C=O) groups is 1. The van der Waals surface area contributed by atoms with Gasteiger partial charge >= 0.3 is 6.09 Å². The van der Waals surface area contributed by atoms with Crippen molar-refractivity contribution in [3.8, 4) is 0 Å². The first kappa shape index (κ1) is 14.2. The van der Waals surface area contributed by atoms with Crippen LogP contribution in [0.4, 0.5) is 4.79 Å². The van der Waals surface area contributed by atoms with Gasteiger partial charge in [-0.15, -0.1) is 0 Å². The highest BCUT2D eigenvalue weighted by molar-refractivity contribution is 6.67. The average Bonchev–Trinajstić information content (AvgIpc) is 2.29. The van der Waals surface area contributed by atoms with Gasteiger partial charge in [-0.3, -0.25) is 4.98 Å². The van der Waals surface area contributed by atoms with E-state index in [0.29, 0.717) is 0 Å². The van der Waals surface area contributed by atoms with Gasteiger partial charge in [-0.25, -0.2) is 4.79 Å². The molecule has 3 aliphatic rings. The van der Waals surface area contributed by atoms with E-state index < -0.39 is 9.89 Å². The molecule has 7 heteroatoms. The Morgan fingerprint density at radius 1 is 1.30 bits per heavy atom. The van der Waals surface area contributed by atoms with Crippen molar-refractivity contribution < 1.29 is 9.53 Å². The van der Waals surface area contributed by atoms with Crippen molar-refractivity contribution in [3.63, 3.8) is 0 Å². The summed E-state index contributed by atoms with van der Waals surface area (Å²) in [7, 11) is 0. The van der Waals surface area contributed by atoms with Gasteiger partial charge in [-0.2, -0.15) is 0 Å². The molecule has 20 heavy (non-hydrogen) atoms. The zero-order chi connectivity index (χ0) is 14.4. The minimum atomic E-state index is -1.57. The van der Waals surface area contributed by atoms with Crippen molar-refractivity contribution in [2.75, 3.05) is 6.61 Å². The highest BCUT2D eigenvalue weighted by Crippen LogP contribution is 2.67. The second kappa shape index (κ2) is 4.65. The van der Waals surface area contributed by atoms with Crippen molar-refractivity contribution in [1.82, 2.24) is 10.3 Å². The quantitative estimate of drug-likeness (QED) is 0.862. The van der Waals surface area contributed by atoms with E-state index in [4.69, 9.17) is 39.5 Å². The molecule has 0 radical (unpaired) electrons. The molecule has 0 spiro atoms. The molecule has 0 saturated heterocycles. The Labute approximate surface area is 131 Å². The largest absolute Gasteiger partial charge is 0.445 e. The van der Waals surface area contributed by atoms with E-state index in [1.165, 1.54) is 5.56 Å². The summed E-state index contributed by atoms with van der Waals surface area (Å²) in [5.41, 5.74) is 1.34. The Morgan fingerprint density at radius 3 is 2.45 bits per heavy atom. The Kier molecular flexibility index (Phi) is 3.31. The maximum Gasteiger partial charge on any atom is 0.407 e. The number of ether oxygens (including phenoxy) is 1. The topological polar surface area (TPSA) is 51.2 Å². The van der Waals surface area contributed by atoms with E-state index in [-0.39, 0.29) is 17.6 Å². The van der Waals surface area contributed by atoms with Gasteiger partial charge in [0.2, 0.25) is 3.79 Å². The highest BCUT2D eigenvalue weighted by atomic mass is 35.6. The molecule has 0 atom stereocenters. The molecular weight excluding hydrogens is 323 g/mol. The molecule has 0 unspecified atom stereocenters. The van der Waals surface area contributed by atoms with Crippen LogP contribution < -0.4 is 5.32 Å². The van der Waals surface area contributed by atoms with Gasteiger partial charge in [0.15, 0.2) is 0 Å². The first-order valence-electron chi connectivity index (χ1n) is 6.25. The summed E-state index contributed by atoms with van der Waals surface area (Å²) in [5, 5.41) is 2.87. The van der Waals surface area contributed by atoms with Crippen LogP contribution >= 0.6 is 34.8 Å². The molecule has 0 aliphatic heterocycles. The van der Waals surface area contributed by atoms with Gasteiger partial charge in [0.05, 0.1) is 0 Å². The van der Waals surface area contributed by atoms with Crippen LogP contribution in [0.25, 0.3) is 0 Å². The Balaban J connectivity index is 1.51. The Morgan fingerprint density at radius 2 is 1.90 bits per heavy atom. The van der Waals surface area contributed by atoms with E-state index >= 15 is 0 Å². The maximum atomic E-state index is 11.6. The van der Waals surface area contributed by atoms with Crippen molar-refractivity contribution >= 4 is 40.9 Å². The van der Waals surface area contributed by atoms with Gasteiger partial charge in [-0.1, -0.05) is 34.8 Å². The molecule has 2 bridgehead atoms. The molecule has 3 aliphatic carbocycles. The number of alkyl carbamates (subject to hydrolysis) is 1. The van der Waals surface area contributed by atoms with E-state index in [1.807, 2.05) is 12.1 Å². The summed E-state index contributed by atoms with van der Waals surface area (Å²) in [5.74, 6) is 0. The van der Waals surface area contributed by atoms with Crippen LogP contribution in [0.2, 0.25) is 0 Å². The predicted octanol–water partition coefficient (Wildman–Crippen LogP) is 3.35. The second-order valence-corrected chi connectivity index (χ2v) is 8.16.